The van der Waals surface area contributed by atoms with Crippen molar-refractivity contribution in [1.82, 2.24) is 24.1 Å². The highest BCUT2D eigenvalue weighted by molar-refractivity contribution is 7.89. The highest BCUT2D eigenvalue weighted by Gasteiger charge is 2.21. The Hall–Kier alpha value is -0.910. The van der Waals surface area contributed by atoms with Gasteiger partial charge in [0, 0.05) is 59.6 Å². The second-order valence-electron chi connectivity index (χ2n) is 5.24. The first-order valence-electron chi connectivity index (χ1n) is 7.02. The van der Waals surface area contributed by atoms with E-state index in [0.29, 0.717) is 6.54 Å². The van der Waals surface area contributed by atoms with Gasteiger partial charge in [-0.3, -0.25) is 14.3 Å². The smallest absolute Gasteiger partial charge is 0.314 e. The number of nitrogens with zero attached hydrogens (tertiary/aromatic N) is 3. The van der Waals surface area contributed by atoms with Crippen LogP contribution in [-0.2, 0) is 24.1 Å². The molecule has 0 amide bonds. The van der Waals surface area contributed by atoms with Crippen molar-refractivity contribution in [2.24, 2.45) is 14.1 Å². The first-order valence-corrected chi connectivity index (χ1v) is 8.50. The zero-order valence-corrected chi connectivity index (χ0v) is 16.0. The van der Waals surface area contributed by atoms with E-state index in [4.69, 9.17) is 0 Å². The molecule has 0 saturated carbocycles. The summed E-state index contributed by atoms with van der Waals surface area (Å²) in [5.74, 6) is 0. The van der Waals surface area contributed by atoms with Gasteiger partial charge in [-0.05, 0) is 0 Å². The van der Waals surface area contributed by atoms with Crippen molar-refractivity contribution >= 4 is 34.8 Å². The van der Waals surface area contributed by atoms with Gasteiger partial charge in [0.15, 0.2) is 4.90 Å². The Bertz CT molecular complexity index is 756. The molecule has 1 aliphatic rings. The van der Waals surface area contributed by atoms with E-state index in [-0.39, 0.29) is 31.4 Å². The molecule has 12 heteroatoms. The normalized spacial score (nSPS) is 15.4. The van der Waals surface area contributed by atoms with Crippen LogP contribution in [0.4, 0.5) is 0 Å². The van der Waals surface area contributed by atoms with E-state index in [0.717, 1.165) is 41.5 Å². The molecule has 2 rings (SSSR count). The average Bonchev–Trinajstić information content (AvgIpc) is 2.49. The van der Waals surface area contributed by atoms with Crippen molar-refractivity contribution in [3.05, 3.63) is 27.0 Å². The van der Waals surface area contributed by atoms with Gasteiger partial charge in [-0.25, -0.2) is 17.9 Å². The Morgan fingerprint density at radius 1 is 1.17 bits per heavy atom. The third-order valence-electron chi connectivity index (χ3n) is 3.63. The molecule has 1 fully saturated rings. The standard InChI is InChI=1S/C12H21N5O4S.2ClH/c1-15-9-10(11(18)16(2)12(15)19)22(20,21)14-5-8-17-6-3-13-4-7-17;;/h9,13-14H,3-8H2,1-2H3;2*1H. The van der Waals surface area contributed by atoms with Crippen LogP contribution >= 0.6 is 24.8 Å². The summed E-state index contributed by atoms with van der Waals surface area (Å²) in [7, 11) is -1.28. The number of hydrogen-bond donors (Lipinski definition) is 2. The van der Waals surface area contributed by atoms with Crippen molar-refractivity contribution in [2.75, 3.05) is 39.3 Å². The Balaban J connectivity index is 0.00000264. The van der Waals surface area contributed by atoms with Crippen molar-refractivity contribution in [2.45, 2.75) is 4.90 Å². The summed E-state index contributed by atoms with van der Waals surface area (Å²) in [4.78, 5) is 25.3. The Morgan fingerprint density at radius 2 is 1.75 bits per heavy atom. The van der Waals surface area contributed by atoms with Crippen LogP contribution in [0.25, 0.3) is 0 Å². The van der Waals surface area contributed by atoms with E-state index < -0.39 is 26.2 Å². The zero-order chi connectivity index (χ0) is 16.3. The monoisotopic (exact) mass is 403 g/mol. The van der Waals surface area contributed by atoms with Crippen LogP contribution in [0.3, 0.4) is 0 Å². The van der Waals surface area contributed by atoms with E-state index in [2.05, 4.69) is 14.9 Å². The highest BCUT2D eigenvalue weighted by atomic mass is 35.5. The lowest BCUT2D eigenvalue weighted by Gasteiger charge is -2.27. The lowest BCUT2D eigenvalue weighted by molar-refractivity contribution is 0.245. The predicted molar refractivity (Wildman–Crippen MR) is 95.9 cm³/mol. The molecule has 0 radical (unpaired) electrons. The van der Waals surface area contributed by atoms with Gasteiger partial charge in [-0.15, -0.1) is 24.8 Å². The van der Waals surface area contributed by atoms with Crippen LogP contribution in [0.5, 0.6) is 0 Å². The highest BCUT2D eigenvalue weighted by Crippen LogP contribution is 2.00. The molecule has 0 spiro atoms. The van der Waals surface area contributed by atoms with Gasteiger partial charge in [-0.2, -0.15) is 0 Å². The number of sulfonamides is 1. The summed E-state index contributed by atoms with van der Waals surface area (Å²) in [5.41, 5.74) is -1.39. The number of aromatic nitrogens is 2. The molecule has 140 valence electrons. The van der Waals surface area contributed by atoms with Gasteiger partial charge in [-0.1, -0.05) is 0 Å². The maximum Gasteiger partial charge on any atom is 0.330 e. The van der Waals surface area contributed by atoms with Crippen LogP contribution in [0.15, 0.2) is 20.7 Å². The lowest BCUT2D eigenvalue weighted by atomic mass is 10.3. The molecule has 0 atom stereocenters. The maximum absolute atomic E-state index is 12.2. The van der Waals surface area contributed by atoms with E-state index in [1.165, 1.54) is 14.1 Å². The molecule has 1 saturated heterocycles. The molecule has 0 bridgehead atoms. The molecule has 1 aromatic rings. The fraction of sp³-hybridized carbons (Fsp3) is 0.667. The maximum atomic E-state index is 12.2. The van der Waals surface area contributed by atoms with E-state index >= 15 is 0 Å². The second-order valence-corrected chi connectivity index (χ2v) is 6.98. The molecular weight excluding hydrogens is 381 g/mol. The van der Waals surface area contributed by atoms with Crippen molar-refractivity contribution < 1.29 is 8.42 Å². The number of aryl methyl sites for hydroxylation is 1. The minimum Gasteiger partial charge on any atom is -0.314 e. The van der Waals surface area contributed by atoms with Crippen LogP contribution < -0.4 is 21.3 Å². The Kier molecular flexibility index (Phi) is 9.18. The van der Waals surface area contributed by atoms with E-state index in [1.807, 2.05) is 0 Å². The number of halogens is 2. The zero-order valence-electron chi connectivity index (χ0n) is 13.5. The van der Waals surface area contributed by atoms with Gasteiger partial charge < -0.3 is 9.88 Å². The Morgan fingerprint density at radius 3 is 2.33 bits per heavy atom. The quantitative estimate of drug-likeness (QED) is 0.595. The Labute approximate surface area is 152 Å². The van der Waals surface area contributed by atoms with Gasteiger partial charge in [0.25, 0.3) is 5.56 Å². The van der Waals surface area contributed by atoms with Crippen molar-refractivity contribution in [3.8, 4) is 0 Å². The summed E-state index contributed by atoms with van der Waals surface area (Å²) in [6.45, 7) is 4.29. The third kappa shape index (κ3) is 5.30. The largest absolute Gasteiger partial charge is 0.330 e. The number of rotatable bonds is 5. The summed E-state index contributed by atoms with van der Waals surface area (Å²) >= 11 is 0. The average molecular weight is 404 g/mol. The summed E-state index contributed by atoms with van der Waals surface area (Å²) < 4.78 is 28.8. The molecule has 0 unspecified atom stereocenters. The van der Waals surface area contributed by atoms with E-state index in [9.17, 15) is 18.0 Å². The van der Waals surface area contributed by atoms with Crippen LogP contribution in [-0.4, -0.2) is 61.7 Å². The van der Waals surface area contributed by atoms with E-state index in [1.54, 1.807) is 0 Å². The summed E-state index contributed by atoms with van der Waals surface area (Å²) in [6, 6.07) is 0. The molecule has 2 N–H and O–H groups in total. The second kappa shape index (κ2) is 9.54. The number of hydrogen-bond acceptors (Lipinski definition) is 6. The SMILES string of the molecule is Cl.Cl.Cn1cc(S(=O)(=O)NCCN2CCNCC2)c(=O)n(C)c1=O. The molecule has 1 aromatic heterocycles. The minimum atomic E-state index is -3.94. The van der Waals surface area contributed by atoms with Crippen molar-refractivity contribution in [3.63, 3.8) is 0 Å². The van der Waals surface area contributed by atoms with Crippen LogP contribution in [0, 0.1) is 0 Å². The molecule has 2 heterocycles. The third-order valence-corrected chi connectivity index (χ3v) is 5.08. The minimum absolute atomic E-state index is 0. The van der Waals surface area contributed by atoms with Crippen LogP contribution in [0.2, 0.25) is 0 Å². The first-order chi connectivity index (χ1) is 10.3. The summed E-state index contributed by atoms with van der Waals surface area (Å²) in [5, 5.41) is 3.22. The molecule has 1 aliphatic heterocycles. The van der Waals surface area contributed by atoms with Crippen LogP contribution in [0.1, 0.15) is 0 Å². The van der Waals surface area contributed by atoms with Gasteiger partial charge in [0.05, 0.1) is 0 Å². The molecule has 0 aliphatic carbocycles. The predicted octanol–water partition coefficient (Wildman–Crippen LogP) is -1.89. The van der Waals surface area contributed by atoms with Crippen molar-refractivity contribution in [1.29, 1.82) is 0 Å². The van der Waals surface area contributed by atoms with Gasteiger partial charge >= 0.3 is 5.69 Å². The molecule has 24 heavy (non-hydrogen) atoms. The summed E-state index contributed by atoms with van der Waals surface area (Å²) in [6.07, 6.45) is 1.05. The topological polar surface area (TPSA) is 105 Å². The number of nitrogens with one attached hydrogen (secondary N) is 2. The first kappa shape index (κ1) is 23.1. The fourth-order valence-corrected chi connectivity index (χ4v) is 3.49. The lowest BCUT2D eigenvalue weighted by Crippen LogP contribution is -2.47. The number of piperazine rings is 1. The fourth-order valence-electron chi connectivity index (χ4n) is 2.31. The van der Waals surface area contributed by atoms with Gasteiger partial charge in [0.1, 0.15) is 0 Å². The molecule has 0 aromatic carbocycles. The molecule has 9 nitrogen and oxygen atoms in total. The van der Waals surface area contributed by atoms with Gasteiger partial charge in [0.2, 0.25) is 10.0 Å². The molecular formula is C12H23Cl2N5O4S.